The van der Waals surface area contributed by atoms with Gasteiger partial charge in [-0.15, -0.1) is 0 Å². The highest BCUT2D eigenvalue weighted by Gasteiger charge is 2.26. The fourth-order valence-electron chi connectivity index (χ4n) is 6.58. The van der Waals surface area contributed by atoms with Crippen molar-refractivity contribution in [3.05, 3.63) is 65.9 Å². The van der Waals surface area contributed by atoms with E-state index in [0.717, 1.165) is 63.5 Å². The second-order valence-corrected chi connectivity index (χ2v) is 11.4. The summed E-state index contributed by atoms with van der Waals surface area (Å²) in [6.07, 6.45) is 6.57. The van der Waals surface area contributed by atoms with E-state index in [4.69, 9.17) is 9.72 Å². The van der Waals surface area contributed by atoms with Crippen molar-refractivity contribution in [2.45, 2.75) is 70.3 Å². The van der Waals surface area contributed by atoms with Crippen LogP contribution in [-0.2, 0) is 6.61 Å². The minimum atomic E-state index is 0.298. The first kappa shape index (κ1) is 22.3. The summed E-state index contributed by atoms with van der Waals surface area (Å²) in [5, 5.41) is 9.57. The van der Waals surface area contributed by atoms with E-state index in [1.54, 1.807) is 0 Å². The van der Waals surface area contributed by atoms with Gasteiger partial charge in [0.05, 0.1) is 35.0 Å². The monoisotopic (exact) mass is 504 g/mol. The number of nitrogens with zero attached hydrogens (tertiary/aromatic N) is 2. The van der Waals surface area contributed by atoms with E-state index in [-0.39, 0.29) is 0 Å². The second-order valence-electron chi connectivity index (χ2n) is 11.4. The van der Waals surface area contributed by atoms with E-state index in [9.17, 15) is 0 Å². The Balaban J connectivity index is 1.14. The van der Waals surface area contributed by atoms with Crippen LogP contribution in [0.15, 0.2) is 48.7 Å². The van der Waals surface area contributed by atoms with E-state index in [1.165, 1.54) is 29.4 Å². The van der Waals surface area contributed by atoms with Crippen LogP contribution in [0.1, 0.15) is 68.8 Å². The van der Waals surface area contributed by atoms with Crippen LogP contribution in [0.4, 0.5) is 0 Å². The number of fused-ring (bicyclic) bond motifs is 6. The Hall–Kier alpha value is -3.68. The van der Waals surface area contributed by atoms with Gasteiger partial charge in [0, 0.05) is 23.0 Å². The van der Waals surface area contributed by atoms with Crippen molar-refractivity contribution >= 4 is 21.8 Å². The maximum atomic E-state index is 6.33. The van der Waals surface area contributed by atoms with Crippen LogP contribution in [-0.4, -0.2) is 32.0 Å². The first-order valence-electron chi connectivity index (χ1n) is 13.9. The molecule has 2 saturated heterocycles. The summed E-state index contributed by atoms with van der Waals surface area (Å²) in [5.74, 6) is 2.99. The summed E-state index contributed by atoms with van der Waals surface area (Å²) < 4.78 is 6.33. The number of hydrogen-bond acceptors (Lipinski definition) is 5. The Bertz CT molecular complexity index is 1700. The summed E-state index contributed by atoms with van der Waals surface area (Å²) >= 11 is 0. The molecule has 0 saturated carbocycles. The molecule has 7 heteroatoms. The average molecular weight is 505 g/mol. The number of ether oxygens (including phenoxy) is 1. The molecule has 8 rings (SSSR count). The van der Waals surface area contributed by atoms with Crippen LogP contribution in [0.25, 0.3) is 44.2 Å². The van der Waals surface area contributed by atoms with Crippen LogP contribution >= 0.6 is 0 Å². The zero-order chi connectivity index (χ0) is 25.4. The molecule has 38 heavy (non-hydrogen) atoms. The number of aromatic amines is 2. The van der Waals surface area contributed by atoms with E-state index in [0.29, 0.717) is 30.8 Å². The zero-order valence-corrected chi connectivity index (χ0v) is 21.8. The quantitative estimate of drug-likeness (QED) is 0.232. The molecule has 4 atom stereocenters. The maximum Gasteiger partial charge on any atom is 0.128 e. The number of imidazole rings is 2. The largest absolute Gasteiger partial charge is 0.488 e. The van der Waals surface area contributed by atoms with E-state index >= 15 is 0 Å². The number of benzene rings is 3. The topological polar surface area (TPSA) is 90.7 Å². The normalized spacial score (nSPS) is 24.6. The van der Waals surface area contributed by atoms with Gasteiger partial charge in [-0.2, -0.15) is 0 Å². The molecule has 4 unspecified atom stereocenters. The molecule has 5 aromatic rings. The summed E-state index contributed by atoms with van der Waals surface area (Å²) in [6, 6.07) is 17.1. The Morgan fingerprint density at radius 1 is 0.816 bits per heavy atom. The highest BCUT2D eigenvalue weighted by molar-refractivity contribution is 6.07. The smallest absolute Gasteiger partial charge is 0.128 e. The minimum Gasteiger partial charge on any atom is -0.488 e. The Labute approximate surface area is 221 Å². The molecule has 0 spiro atoms. The van der Waals surface area contributed by atoms with Crippen LogP contribution in [0.3, 0.4) is 0 Å². The van der Waals surface area contributed by atoms with Crippen molar-refractivity contribution in [2.75, 3.05) is 0 Å². The highest BCUT2D eigenvalue weighted by atomic mass is 16.5. The van der Waals surface area contributed by atoms with Gasteiger partial charge in [0.15, 0.2) is 0 Å². The molecular formula is C31H32N6O. The lowest BCUT2D eigenvalue weighted by Gasteiger charge is -2.22. The minimum absolute atomic E-state index is 0.298. The summed E-state index contributed by atoms with van der Waals surface area (Å²) in [6.45, 7) is 5.02. The SMILES string of the molecule is CC1CCC(c2ncc(-c3ccc4c(c3)COc3cc5c(ccc6[nH]c(C7CCC(C)N7)nc65)cc3-4)[nH]2)N1. The number of rotatable bonds is 3. The number of nitrogens with one attached hydrogen (secondary N) is 4. The van der Waals surface area contributed by atoms with Crippen molar-refractivity contribution in [3.63, 3.8) is 0 Å². The number of aromatic nitrogens is 4. The molecular weight excluding hydrogens is 472 g/mol. The first-order chi connectivity index (χ1) is 18.6. The molecule has 3 aromatic carbocycles. The number of hydrogen-bond donors (Lipinski definition) is 4. The Kier molecular flexibility index (Phi) is 4.94. The van der Waals surface area contributed by atoms with E-state index in [2.05, 4.69) is 81.9 Å². The number of H-pyrrole nitrogens is 2. The van der Waals surface area contributed by atoms with Gasteiger partial charge in [-0.05, 0) is 85.9 Å². The standard InChI is InChI=1S/C31H32N6O/c1-16-3-8-25(33-16)30-32-14-27(36-30)19-5-7-21-20(11-19)15-38-28-13-22-18(12-23(21)28)6-10-24-29(22)37-31(35-24)26-9-4-17(2)34-26/h5-7,10-14,16-17,25-26,33-34H,3-4,8-9,15H2,1-2H3,(H,32,36)(H,35,37). The molecule has 4 N–H and O–H groups in total. The van der Waals surface area contributed by atoms with Crippen molar-refractivity contribution in [1.82, 2.24) is 30.6 Å². The van der Waals surface area contributed by atoms with Gasteiger partial charge in [-0.1, -0.05) is 18.2 Å². The van der Waals surface area contributed by atoms with Crippen LogP contribution in [0, 0.1) is 0 Å². The molecule has 192 valence electrons. The van der Waals surface area contributed by atoms with Crippen molar-refractivity contribution in [3.8, 4) is 28.1 Å². The van der Waals surface area contributed by atoms with E-state index < -0.39 is 0 Å². The van der Waals surface area contributed by atoms with Gasteiger partial charge in [-0.3, -0.25) is 0 Å². The summed E-state index contributed by atoms with van der Waals surface area (Å²) in [5.41, 5.74) is 7.86. The van der Waals surface area contributed by atoms with Crippen molar-refractivity contribution in [2.24, 2.45) is 0 Å². The third-order valence-electron chi connectivity index (χ3n) is 8.68. The van der Waals surface area contributed by atoms with Gasteiger partial charge < -0.3 is 25.3 Å². The van der Waals surface area contributed by atoms with Gasteiger partial charge in [0.25, 0.3) is 0 Å². The molecule has 7 nitrogen and oxygen atoms in total. The molecule has 0 radical (unpaired) electrons. The Morgan fingerprint density at radius 2 is 1.63 bits per heavy atom. The van der Waals surface area contributed by atoms with Crippen LogP contribution < -0.4 is 15.4 Å². The van der Waals surface area contributed by atoms with Gasteiger partial charge >= 0.3 is 0 Å². The predicted molar refractivity (Wildman–Crippen MR) is 150 cm³/mol. The molecule has 0 aliphatic carbocycles. The molecule has 0 amide bonds. The van der Waals surface area contributed by atoms with Crippen LogP contribution in [0.5, 0.6) is 5.75 Å². The summed E-state index contributed by atoms with van der Waals surface area (Å²) in [7, 11) is 0. The molecule has 5 heterocycles. The lowest BCUT2D eigenvalue weighted by molar-refractivity contribution is 0.303. The highest BCUT2D eigenvalue weighted by Crippen LogP contribution is 2.43. The third-order valence-corrected chi connectivity index (χ3v) is 8.68. The second kappa shape index (κ2) is 8.41. The zero-order valence-electron chi connectivity index (χ0n) is 21.8. The van der Waals surface area contributed by atoms with Gasteiger partial charge in [0.2, 0.25) is 0 Å². The first-order valence-corrected chi connectivity index (χ1v) is 13.9. The van der Waals surface area contributed by atoms with Gasteiger partial charge in [-0.25, -0.2) is 9.97 Å². The molecule has 3 aliphatic heterocycles. The molecule has 3 aliphatic rings. The van der Waals surface area contributed by atoms with Crippen molar-refractivity contribution in [1.29, 1.82) is 0 Å². The maximum absolute atomic E-state index is 6.33. The lowest BCUT2D eigenvalue weighted by Crippen LogP contribution is -2.21. The van der Waals surface area contributed by atoms with Crippen molar-refractivity contribution < 1.29 is 4.74 Å². The van der Waals surface area contributed by atoms with E-state index in [1.807, 2.05) is 6.20 Å². The van der Waals surface area contributed by atoms with Crippen LogP contribution in [0.2, 0.25) is 0 Å². The predicted octanol–water partition coefficient (Wildman–Crippen LogP) is 6.29. The average Bonchev–Trinajstić information content (AvgIpc) is 3.73. The van der Waals surface area contributed by atoms with Gasteiger partial charge in [0.1, 0.15) is 24.0 Å². The molecule has 2 fully saturated rings. The summed E-state index contributed by atoms with van der Waals surface area (Å²) in [4.78, 5) is 16.8. The fraction of sp³-hybridized carbons (Fsp3) is 0.355. The third kappa shape index (κ3) is 3.56. The lowest BCUT2D eigenvalue weighted by atomic mass is 9.92. The molecule has 0 bridgehead atoms. The fourth-order valence-corrected chi connectivity index (χ4v) is 6.58. The molecule has 2 aromatic heterocycles. The Morgan fingerprint density at radius 3 is 2.42 bits per heavy atom.